The predicted octanol–water partition coefficient (Wildman–Crippen LogP) is 3.30. The minimum atomic E-state index is -0.526. The van der Waals surface area contributed by atoms with Crippen LogP contribution in [0.15, 0.2) is 42.5 Å². The van der Waals surface area contributed by atoms with Crippen LogP contribution in [0.1, 0.15) is 25.0 Å². The number of benzene rings is 2. The maximum absolute atomic E-state index is 9.96. The van der Waals surface area contributed by atoms with Gasteiger partial charge in [-0.15, -0.1) is 0 Å². The van der Waals surface area contributed by atoms with Crippen molar-refractivity contribution in [3.8, 4) is 16.9 Å². The molecule has 2 N–H and O–H groups in total. The molecule has 0 aliphatic rings. The van der Waals surface area contributed by atoms with Crippen LogP contribution in [0.5, 0.6) is 5.75 Å². The number of aliphatic hydroxyl groups excluding tert-OH is 1. The molecular formula is C15H15O2. The highest BCUT2D eigenvalue weighted by molar-refractivity contribution is 5.72. The van der Waals surface area contributed by atoms with Gasteiger partial charge in [0.15, 0.2) is 0 Å². The number of hydrogen-bond donors (Lipinski definition) is 2. The van der Waals surface area contributed by atoms with Crippen molar-refractivity contribution >= 4 is 0 Å². The van der Waals surface area contributed by atoms with Gasteiger partial charge in [-0.05, 0) is 29.7 Å². The van der Waals surface area contributed by atoms with Gasteiger partial charge in [0, 0.05) is 5.56 Å². The lowest BCUT2D eigenvalue weighted by Crippen LogP contribution is -1.98. The molecule has 0 aliphatic heterocycles. The van der Waals surface area contributed by atoms with Gasteiger partial charge >= 0.3 is 0 Å². The Morgan fingerprint density at radius 3 is 2.65 bits per heavy atom. The van der Waals surface area contributed by atoms with E-state index in [2.05, 4.69) is 6.07 Å². The predicted molar refractivity (Wildman–Crippen MR) is 67.6 cm³/mol. The second kappa shape index (κ2) is 5.02. The van der Waals surface area contributed by atoms with E-state index in [1.165, 1.54) is 0 Å². The van der Waals surface area contributed by atoms with E-state index in [-0.39, 0.29) is 5.75 Å². The Morgan fingerprint density at radius 2 is 1.94 bits per heavy atom. The first-order chi connectivity index (χ1) is 8.24. The largest absolute Gasteiger partial charge is 0.507 e. The second-order valence-corrected chi connectivity index (χ2v) is 3.94. The van der Waals surface area contributed by atoms with Crippen LogP contribution in [-0.4, -0.2) is 10.2 Å². The summed E-state index contributed by atoms with van der Waals surface area (Å²) in [6.45, 7) is 1.92. The first-order valence-corrected chi connectivity index (χ1v) is 5.71. The molecule has 2 rings (SSSR count). The molecule has 2 aromatic carbocycles. The Balaban J connectivity index is 2.56. The Morgan fingerprint density at radius 1 is 1.18 bits per heavy atom. The van der Waals surface area contributed by atoms with E-state index in [1.807, 2.05) is 31.2 Å². The molecule has 0 saturated heterocycles. The summed E-state index contributed by atoms with van der Waals surface area (Å²) in [4.78, 5) is 0. The van der Waals surface area contributed by atoms with Crippen LogP contribution in [0.25, 0.3) is 11.1 Å². The number of rotatable bonds is 3. The summed E-state index contributed by atoms with van der Waals surface area (Å²) in [5.74, 6) is 0.208. The molecular weight excluding hydrogens is 212 g/mol. The highest BCUT2D eigenvalue weighted by Gasteiger charge is 2.13. The zero-order chi connectivity index (χ0) is 12.3. The number of hydrogen-bond acceptors (Lipinski definition) is 2. The maximum Gasteiger partial charge on any atom is 0.123 e. The molecule has 17 heavy (non-hydrogen) atoms. The van der Waals surface area contributed by atoms with Crippen molar-refractivity contribution in [2.45, 2.75) is 19.4 Å². The van der Waals surface area contributed by atoms with Gasteiger partial charge in [-0.2, -0.15) is 0 Å². The molecule has 0 aliphatic carbocycles. The topological polar surface area (TPSA) is 40.5 Å². The van der Waals surface area contributed by atoms with Crippen LogP contribution < -0.4 is 0 Å². The Hall–Kier alpha value is -1.80. The van der Waals surface area contributed by atoms with Crippen LogP contribution in [-0.2, 0) is 0 Å². The molecule has 1 unspecified atom stereocenters. The molecule has 0 saturated carbocycles. The van der Waals surface area contributed by atoms with Crippen molar-refractivity contribution in [3.05, 3.63) is 54.1 Å². The fourth-order valence-corrected chi connectivity index (χ4v) is 1.87. The van der Waals surface area contributed by atoms with Crippen LogP contribution >= 0.6 is 0 Å². The van der Waals surface area contributed by atoms with Gasteiger partial charge in [0.2, 0.25) is 0 Å². The minimum Gasteiger partial charge on any atom is -0.507 e. The van der Waals surface area contributed by atoms with Gasteiger partial charge in [-0.1, -0.05) is 43.3 Å². The van der Waals surface area contributed by atoms with Gasteiger partial charge in [-0.3, -0.25) is 0 Å². The Labute approximate surface area is 101 Å². The fraction of sp³-hybridized carbons (Fsp3) is 0.200. The van der Waals surface area contributed by atoms with Crippen molar-refractivity contribution in [3.63, 3.8) is 0 Å². The average molecular weight is 227 g/mol. The van der Waals surface area contributed by atoms with Crippen molar-refractivity contribution in [2.24, 2.45) is 0 Å². The molecule has 0 aromatic heterocycles. The SMILES string of the molecule is CCC(O)c1ccc[c]c1-c1ccccc1O. The van der Waals surface area contributed by atoms with Crippen LogP contribution in [0, 0.1) is 6.07 Å². The molecule has 0 amide bonds. The zero-order valence-corrected chi connectivity index (χ0v) is 9.72. The molecule has 1 atom stereocenters. The summed E-state index contributed by atoms with van der Waals surface area (Å²) in [7, 11) is 0. The van der Waals surface area contributed by atoms with Gasteiger partial charge in [0.25, 0.3) is 0 Å². The lowest BCUT2D eigenvalue weighted by atomic mass is 9.95. The molecule has 2 aromatic rings. The molecule has 0 fully saturated rings. The maximum atomic E-state index is 9.96. The first kappa shape index (κ1) is 11.7. The van der Waals surface area contributed by atoms with E-state index in [4.69, 9.17) is 0 Å². The van der Waals surface area contributed by atoms with E-state index in [9.17, 15) is 10.2 Å². The van der Waals surface area contributed by atoms with Gasteiger partial charge in [-0.25, -0.2) is 0 Å². The Kier molecular flexibility index (Phi) is 3.45. The third-order valence-electron chi connectivity index (χ3n) is 2.81. The lowest BCUT2D eigenvalue weighted by molar-refractivity contribution is 0.174. The monoisotopic (exact) mass is 227 g/mol. The highest BCUT2D eigenvalue weighted by atomic mass is 16.3. The summed E-state index contributed by atoms with van der Waals surface area (Å²) in [5, 5.41) is 19.8. The average Bonchev–Trinajstić information content (AvgIpc) is 2.38. The van der Waals surface area contributed by atoms with E-state index in [0.29, 0.717) is 12.0 Å². The molecule has 2 nitrogen and oxygen atoms in total. The quantitative estimate of drug-likeness (QED) is 0.844. The molecule has 0 heterocycles. The molecule has 0 spiro atoms. The van der Waals surface area contributed by atoms with E-state index < -0.39 is 6.10 Å². The minimum absolute atomic E-state index is 0.208. The Bertz CT molecular complexity index is 506. The number of phenolic OH excluding ortho intramolecular Hbond substituents is 1. The normalized spacial score (nSPS) is 12.4. The van der Waals surface area contributed by atoms with Crippen molar-refractivity contribution in [2.75, 3.05) is 0 Å². The lowest BCUT2D eigenvalue weighted by Gasteiger charge is -2.14. The summed E-state index contributed by atoms with van der Waals surface area (Å²) < 4.78 is 0. The zero-order valence-electron chi connectivity index (χ0n) is 9.72. The highest BCUT2D eigenvalue weighted by Crippen LogP contribution is 2.34. The smallest absolute Gasteiger partial charge is 0.123 e. The standard InChI is InChI=1S/C15H15O2/c1-2-14(16)12-8-4-3-7-11(12)13-9-5-6-10-15(13)17/h3-6,8-10,14,16-17H,2H2,1H3. The fourth-order valence-electron chi connectivity index (χ4n) is 1.87. The van der Waals surface area contributed by atoms with Crippen LogP contribution in [0.2, 0.25) is 0 Å². The third kappa shape index (κ3) is 2.32. The van der Waals surface area contributed by atoms with Gasteiger partial charge in [0.1, 0.15) is 5.75 Å². The third-order valence-corrected chi connectivity index (χ3v) is 2.81. The van der Waals surface area contributed by atoms with E-state index in [0.717, 1.165) is 11.1 Å². The van der Waals surface area contributed by atoms with Crippen LogP contribution in [0.3, 0.4) is 0 Å². The summed E-state index contributed by atoms with van der Waals surface area (Å²) in [6.07, 6.45) is 0.111. The van der Waals surface area contributed by atoms with E-state index >= 15 is 0 Å². The molecule has 87 valence electrons. The van der Waals surface area contributed by atoms with Gasteiger partial charge in [0.05, 0.1) is 6.10 Å². The summed E-state index contributed by atoms with van der Waals surface area (Å²) >= 11 is 0. The number of para-hydroxylation sites is 1. The summed E-state index contributed by atoms with van der Waals surface area (Å²) in [5.41, 5.74) is 2.27. The summed E-state index contributed by atoms with van der Waals surface area (Å²) in [6, 6.07) is 15.7. The van der Waals surface area contributed by atoms with Crippen LogP contribution in [0.4, 0.5) is 0 Å². The number of aliphatic hydroxyl groups is 1. The van der Waals surface area contributed by atoms with Crippen molar-refractivity contribution in [1.82, 2.24) is 0 Å². The van der Waals surface area contributed by atoms with E-state index in [1.54, 1.807) is 18.2 Å². The van der Waals surface area contributed by atoms with Crippen molar-refractivity contribution in [1.29, 1.82) is 0 Å². The molecule has 2 heteroatoms. The molecule has 1 radical (unpaired) electrons. The second-order valence-electron chi connectivity index (χ2n) is 3.94. The molecule has 0 bridgehead atoms. The van der Waals surface area contributed by atoms with Gasteiger partial charge < -0.3 is 10.2 Å². The number of aromatic hydroxyl groups is 1. The van der Waals surface area contributed by atoms with Crippen molar-refractivity contribution < 1.29 is 10.2 Å². The first-order valence-electron chi connectivity index (χ1n) is 5.71. The number of phenols is 1.